The van der Waals surface area contributed by atoms with E-state index in [9.17, 15) is 4.79 Å². The summed E-state index contributed by atoms with van der Waals surface area (Å²) in [6, 6.07) is 3.85. The second kappa shape index (κ2) is 6.22. The second-order valence-electron chi connectivity index (χ2n) is 4.19. The van der Waals surface area contributed by atoms with E-state index in [0.717, 1.165) is 20.3 Å². The van der Waals surface area contributed by atoms with Gasteiger partial charge in [-0.05, 0) is 52.6 Å². The summed E-state index contributed by atoms with van der Waals surface area (Å²) in [4.78, 5) is 12.7. The van der Waals surface area contributed by atoms with Gasteiger partial charge in [0.2, 0.25) is 0 Å². The lowest BCUT2D eigenvalue weighted by atomic mass is 10.1. The molecule has 0 amide bonds. The number of thioether (sulfide) groups is 1. The van der Waals surface area contributed by atoms with Crippen molar-refractivity contribution in [3.63, 3.8) is 0 Å². The SMILES string of the molecule is O=C(CSCC1CCCC1)c1ccc(Br)s1. The molecule has 2 rings (SSSR count). The molecular weight excluding hydrogens is 304 g/mol. The molecule has 0 saturated heterocycles. The van der Waals surface area contributed by atoms with E-state index in [0.29, 0.717) is 5.75 Å². The average molecular weight is 319 g/mol. The average Bonchev–Trinajstić information content (AvgIpc) is 2.89. The van der Waals surface area contributed by atoms with E-state index >= 15 is 0 Å². The van der Waals surface area contributed by atoms with Gasteiger partial charge in [-0.3, -0.25) is 4.79 Å². The lowest BCUT2D eigenvalue weighted by Crippen LogP contribution is -2.04. The number of hydrogen-bond acceptors (Lipinski definition) is 3. The highest BCUT2D eigenvalue weighted by Gasteiger charge is 2.16. The number of rotatable bonds is 5. The van der Waals surface area contributed by atoms with Gasteiger partial charge in [-0.15, -0.1) is 11.3 Å². The minimum atomic E-state index is 0.277. The molecule has 88 valence electrons. The smallest absolute Gasteiger partial charge is 0.182 e. The van der Waals surface area contributed by atoms with Crippen LogP contribution in [0.5, 0.6) is 0 Å². The van der Waals surface area contributed by atoms with Gasteiger partial charge in [0.1, 0.15) is 0 Å². The Kier molecular flexibility index (Phi) is 4.92. The van der Waals surface area contributed by atoms with Gasteiger partial charge in [-0.2, -0.15) is 11.8 Å². The first-order valence-electron chi connectivity index (χ1n) is 5.62. The topological polar surface area (TPSA) is 17.1 Å². The summed E-state index contributed by atoms with van der Waals surface area (Å²) in [5.74, 6) is 2.95. The van der Waals surface area contributed by atoms with Gasteiger partial charge in [0.05, 0.1) is 14.4 Å². The van der Waals surface area contributed by atoms with Gasteiger partial charge in [0.25, 0.3) is 0 Å². The molecule has 0 unspecified atom stereocenters. The molecule has 1 aromatic heterocycles. The monoisotopic (exact) mass is 318 g/mol. The van der Waals surface area contributed by atoms with E-state index in [4.69, 9.17) is 0 Å². The van der Waals surface area contributed by atoms with Crippen LogP contribution in [0.2, 0.25) is 0 Å². The Balaban J connectivity index is 1.71. The van der Waals surface area contributed by atoms with Crippen LogP contribution in [0.3, 0.4) is 0 Å². The number of Topliss-reactive ketones (excluding diaryl/α,β-unsaturated/α-hetero) is 1. The van der Waals surface area contributed by atoms with Crippen LogP contribution >= 0.6 is 39.0 Å². The van der Waals surface area contributed by atoms with E-state index in [-0.39, 0.29) is 5.78 Å². The molecule has 0 atom stereocenters. The highest BCUT2D eigenvalue weighted by Crippen LogP contribution is 2.29. The molecule has 1 aliphatic carbocycles. The van der Waals surface area contributed by atoms with Crippen molar-refractivity contribution in [2.45, 2.75) is 25.7 Å². The van der Waals surface area contributed by atoms with Crippen LogP contribution in [0.1, 0.15) is 35.4 Å². The maximum Gasteiger partial charge on any atom is 0.182 e. The Hall–Kier alpha value is 0.200. The van der Waals surface area contributed by atoms with Gasteiger partial charge in [0, 0.05) is 0 Å². The number of thiophene rings is 1. The molecule has 1 heterocycles. The first kappa shape index (κ1) is 12.7. The number of carbonyl (C=O) groups excluding carboxylic acids is 1. The summed E-state index contributed by atoms with van der Waals surface area (Å²) >= 11 is 6.72. The van der Waals surface area contributed by atoms with Crippen molar-refractivity contribution in [2.75, 3.05) is 11.5 Å². The van der Waals surface area contributed by atoms with Crippen LogP contribution in [0, 0.1) is 5.92 Å². The van der Waals surface area contributed by atoms with E-state index < -0.39 is 0 Å². The minimum Gasteiger partial charge on any atom is -0.292 e. The summed E-state index contributed by atoms with van der Waals surface area (Å²) in [5, 5.41) is 0. The van der Waals surface area contributed by atoms with E-state index in [1.807, 2.05) is 12.1 Å². The standard InChI is InChI=1S/C12H15BrOS2/c13-12-6-5-11(16-12)10(14)8-15-7-9-3-1-2-4-9/h5-6,9H,1-4,7-8H2. The van der Waals surface area contributed by atoms with Crippen LogP contribution in [0.15, 0.2) is 15.9 Å². The van der Waals surface area contributed by atoms with Gasteiger partial charge in [-0.1, -0.05) is 12.8 Å². The Morgan fingerprint density at radius 1 is 1.44 bits per heavy atom. The lowest BCUT2D eigenvalue weighted by Gasteiger charge is -2.06. The molecule has 0 bridgehead atoms. The normalized spacial score (nSPS) is 16.8. The Morgan fingerprint density at radius 2 is 2.19 bits per heavy atom. The third kappa shape index (κ3) is 3.60. The van der Waals surface area contributed by atoms with E-state index in [2.05, 4.69) is 15.9 Å². The zero-order valence-electron chi connectivity index (χ0n) is 9.08. The maximum atomic E-state index is 11.8. The highest BCUT2D eigenvalue weighted by molar-refractivity contribution is 9.11. The summed E-state index contributed by atoms with van der Waals surface area (Å²) < 4.78 is 1.04. The fourth-order valence-corrected chi connectivity index (χ4v) is 4.57. The van der Waals surface area contributed by atoms with Gasteiger partial charge < -0.3 is 0 Å². The Morgan fingerprint density at radius 3 is 2.81 bits per heavy atom. The fraction of sp³-hybridized carbons (Fsp3) is 0.583. The largest absolute Gasteiger partial charge is 0.292 e. The maximum absolute atomic E-state index is 11.8. The molecule has 16 heavy (non-hydrogen) atoms. The quantitative estimate of drug-likeness (QED) is 0.737. The third-order valence-corrected chi connectivity index (χ3v) is 5.75. The lowest BCUT2D eigenvalue weighted by molar-refractivity contribution is 0.102. The van der Waals surface area contributed by atoms with Gasteiger partial charge >= 0.3 is 0 Å². The predicted octanol–water partition coefficient (Wildman–Crippen LogP) is 4.62. The number of halogens is 1. The molecular formula is C12H15BrOS2. The third-order valence-electron chi connectivity index (χ3n) is 2.91. The number of hydrogen-bond donors (Lipinski definition) is 0. The molecule has 4 heteroatoms. The molecule has 0 radical (unpaired) electrons. The number of ketones is 1. The zero-order chi connectivity index (χ0) is 11.4. The Labute approximate surface area is 113 Å². The summed E-state index contributed by atoms with van der Waals surface area (Å²) in [7, 11) is 0. The van der Waals surface area contributed by atoms with Crippen molar-refractivity contribution < 1.29 is 4.79 Å². The summed E-state index contributed by atoms with van der Waals surface area (Å²) in [5.41, 5.74) is 0. The predicted molar refractivity (Wildman–Crippen MR) is 75.6 cm³/mol. The highest BCUT2D eigenvalue weighted by atomic mass is 79.9. The fourth-order valence-electron chi connectivity index (χ4n) is 2.03. The molecule has 1 aromatic rings. The molecule has 1 nitrogen and oxygen atoms in total. The van der Waals surface area contributed by atoms with Crippen LogP contribution in [-0.4, -0.2) is 17.3 Å². The molecule has 1 aliphatic rings. The first-order valence-corrected chi connectivity index (χ1v) is 8.38. The van der Waals surface area contributed by atoms with E-state index in [1.165, 1.54) is 37.0 Å². The van der Waals surface area contributed by atoms with Crippen molar-refractivity contribution in [3.05, 3.63) is 20.8 Å². The van der Waals surface area contributed by atoms with Gasteiger partial charge in [0.15, 0.2) is 5.78 Å². The minimum absolute atomic E-state index is 0.277. The molecule has 1 fully saturated rings. The van der Waals surface area contributed by atoms with Crippen LogP contribution in [0.4, 0.5) is 0 Å². The summed E-state index contributed by atoms with van der Waals surface area (Å²) in [6.45, 7) is 0. The van der Waals surface area contributed by atoms with Crippen LogP contribution < -0.4 is 0 Å². The molecule has 0 spiro atoms. The molecule has 0 aliphatic heterocycles. The Bertz CT molecular complexity index is 356. The first-order chi connectivity index (χ1) is 7.75. The van der Waals surface area contributed by atoms with Crippen molar-refractivity contribution in [2.24, 2.45) is 5.92 Å². The van der Waals surface area contributed by atoms with Crippen molar-refractivity contribution in [3.8, 4) is 0 Å². The molecule has 1 saturated carbocycles. The van der Waals surface area contributed by atoms with Crippen molar-refractivity contribution >= 4 is 44.8 Å². The molecule has 0 aromatic carbocycles. The van der Waals surface area contributed by atoms with Crippen LogP contribution in [-0.2, 0) is 0 Å². The van der Waals surface area contributed by atoms with Gasteiger partial charge in [-0.25, -0.2) is 0 Å². The zero-order valence-corrected chi connectivity index (χ0v) is 12.3. The van der Waals surface area contributed by atoms with Crippen molar-refractivity contribution in [1.29, 1.82) is 0 Å². The summed E-state index contributed by atoms with van der Waals surface area (Å²) in [6.07, 6.45) is 5.51. The van der Waals surface area contributed by atoms with Crippen molar-refractivity contribution in [1.82, 2.24) is 0 Å². The molecule has 0 N–H and O–H groups in total. The number of carbonyl (C=O) groups is 1. The second-order valence-corrected chi connectivity index (χ2v) is 7.69. The van der Waals surface area contributed by atoms with Crippen LogP contribution in [0.25, 0.3) is 0 Å². The van der Waals surface area contributed by atoms with E-state index in [1.54, 1.807) is 11.8 Å².